The fourth-order valence-electron chi connectivity index (χ4n) is 1.58. The molecule has 0 fully saturated rings. The first-order valence-corrected chi connectivity index (χ1v) is 7.19. The van der Waals surface area contributed by atoms with E-state index in [1.54, 1.807) is 19.1 Å². The molecule has 1 heterocycles. The van der Waals surface area contributed by atoms with Crippen LogP contribution in [-0.2, 0) is 4.79 Å². The number of carbonyl (C=O) groups is 2. The van der Waals surface area contributed by atoms with Crippen LogP contribution in [0.25, 0.3) is 0 Å². The predicted octanol–water partition coefficient (Wildman–Crippen LogP) is 2.62. The Bertz CT molecular complexity index is 469. The minimum atomic E-state index is -0.944. The number of rotatable bonds is 6. The number of hydrogen-bond acceptors (Lipinski definition) is 4. The molecule has 1 aromatic rings. The molecule has 0 radical (unpaired) electrons. The van der Waals surface area contributed by atoms with Crippen molar-refractivity contribution in [2.24, 2.45) is 5.92 Å². The normalized spacial score (nSPS) is 14.2. The van der Waals surface area contributed by atoms with Crippen LogP contribution in [-0.4, -0.2) is 28.8 Å². The summed E-state index contributed by atoms with van der Waals surface area (Å²) in [6.45, 7) is 5.47. The molecule has 1 unspecified atom stereocenters. The quantitative estimate of drug-likeness (QED) is 0.785. The fourth-order valence-corrected chi connectivity index (χ4v) is 1.96. The summed E-state index contributed by atoms with van der Waals surface area (Å²) in [5.74, 6) is -1.15. The number of thioether (sulfide) groups is 1. The molecule has 19 heavy (non-hydrogen) atoms. The van der Waals surface area contributed by atoms with Crippen molar-refractivity contribution in [3.63, 3.8) is 0 Å². The van der Waals surface area contributed by atoms with Crippen LogP contribution in [0.15, 0.2) is 21.6 Å². The van der Waals surface area contributed by atoms with E-state index < -0.39 is 17.4 Å². The highest BCUT2D eigenvalue weighted by Gasteiger charge is 2.33. The largest absolute Gasteiger partial charge is 0.481 e. The average Bonchev–Trinajstić information content (AvgIpc) is 2.75. The molecular formula is C13H19NO4S. The van der Waals surface area contributed by atoms with E-state index in [1.165, 1.54) is 11.8 Å². The number of hydrogen-bond donors (Lipinski definition) is 2. The van der Waals surface area contributed by atoms with Gasteiger partial charge in [-0.15, -0.1) is 0 Å². The van der Waals surface area contributed by atoms with E-state index in [4.69, 9.17) is 9.52 Å². The number of carboxylic acids is 1. The lowest BCUT2D eigenvalue weighted by Gasteiger charge is -2.33. The molecule has 1 atom stereocenters. The summed E-state index contributed by atoms with van der Waals surface area (Å²) < 4.78 is 5.33. The van der Waals surface area contributed by atoms with E-state index in [-0.39, 0.29) is 18.1 Å². The van der Waals surface area contributed by atoms with Crippen molar-refractivity contribution in [1.29, 1.82) is 0 Å². The first kappa shape index (κ1) is 15.6. The Morgan fingerprint density at radius 2 is 2.11 bits per heavy atom. The SMILES string of the molecule is CSc1ccc(C(=O)NC(C)(CC(=O)O)C(C)C)o1. The zero-order valence-corrected chi connectivity index (χ0v) is 12.3. The topological polar surface area (TPSA) is 79.5 Å². The summed E-state index contributed by atoms with van der Waals surface area (Å²) in [4.78, 5) is 23.0. The molecule has 0 saturated carbocycles. The van der Waals surface area contributed by atoms with Crippen LogP contribution in [0.5, 0.6) is 0 Å². The highest BCUT2D eigenvalue weighted by Crippen LogP contribution is 2.23. The lowest BCUT2D eigenvalue weighted by Crippen LogP contribution is -2.51. The monoisotopic (exact) mass is 285 g/mol. The molecule has 6 heteroatoms. The van der Waals surface area contributed by atoms with Gasteiger partial charge in [-0.3, -0.25) is 9.59 Å². The molecule has 2 N–H and O–H groups in total. The van der Waals surface area contributed by atoms with Crippen molar-refractivity contribution in [2.75, 3.05) is 6.26 Å². The molecule has 1 aromatic heterocycles. The summed E-state index contributed by atoms with van der Waals surface area (Å²) in [5.41, 5.74) is -0.810. The van der Waals surface area contributed by atoms with E-state index in [0.717, 1.165) is 0 Å². The highest BCUT2D eigenvalue weighted by atomic mass is 32.2. The van der Waals surface area contributed by atoms with Crippen LogP contribution in [0, 0.1) is 5.92 Å². The molecule has 5 nitrogen and oxygen atoms in total. The van der Waals surface area contributed by atoms with Gasteiger partial charge in [0.05, 0.1) is 12.0 Å². The minimum absolute atomic E-state index is 0.0115. The summed E-state index contributed by atoms with van der Waals surface area (Å²) in [7, 11) is 0. The minimum Gasteiger partial charge on any atom is -0.481 e. The van der Waals surface area contributed by atoms with Gasteiger partial charge in [-0.1, -0.05) is 25.6 Å². The predicted molar refractivity (Wildman–Crippen MR) is 73.5 cm³/mol. The van der Waals surface area contributed by atoms with Gasteiger partial charge in [0, 0.05) is 0 Å². The van der Waals surface area contributed by atoms with E-state index in [1.807, 2.05) is 20.1 Å². The number of furan rings is 1. The van der Waals surface area contributed by atoms with Gasteiger partial charge in [-0.25, -0.2) is 0 Å². The average molecular weight is 285 g/mol. The Morgan fingerprint density at radius 1 is 1.47 bits per heavy atom. The maximum atomic E-state index is 12.1. The molecule has 0 spiro atoms. The van der Waals surface area contributed by atoms with Crippen molar-refractivity contribution >= 4 is 23.6 Å². The van der Waals surface area contributed by atoms with Gasteiger partial charge >= 0.3 is 5.97 Å². The van der Waals surface area contributed by atoms with Gasteiger partial charge in [0.1, 0.15) is 0 Å². The number of aliphatic carboxylic acids is 1. The number of carbonyl (C=O) groups excluding carboxylic acids is 1. The van der Waals surface area contributed by atoms with Gasteiger partial charge in [-0.05, 0) is 31.2 Å². The molecule has 0 aliphatic rings. The van der Waals surface area contributed by atoms with Crippen LogP contribution in [0.1, 0.15) is 37.7 Å². The summed E-state index contributed by atoms with van der Waals surface area (Å²) in [5, 5.41) is 12.3. The van der Waals surface area contributed by atoms with Gasteiger partial charge < -0.3 is 14.8 Å². The summed E-state index contributed by atoms with van der Waals surface area (Å²) in [6, 6.07) is 3.30. The van der Waals surface area contributed by atoms with E-state index >= 15 is 0 Å². The van der Waals surface area contributed by atoms with Gasteiger partial charge in [-0.2, -0.15) is 0 Å². The lowest BCUT2D eigenvalue weighted by atomic mass is 9.85. The molecule has 106 valence electrons. The van der Waals surface area contributed by atoms with Crippen LogP contribution in [0.2, 0.25) is 0 Å². The smallest absolute Gasteiger partial charge is 0.305 e. The molecule has 1 amide bonds. The first-order valence-electron chi connectivity index (χ1n) is 5.96. The first-order chi connectivity index (χ1) is 8.78. The van der Waals surface area contributed by atoms with E-state index in [9.17, 15) is 9.59 Å². The second-order valence-corrected chi connectivity index (χ2v) is 5.73. The van der Waals surface area contributed by atoms with Gasteiger partial charge in [0.15, 0.2) is 10.9 Å². The number of nitrogens with one attached hydrogen (secondary N) is 1. The molecule has 0 saturated heterocycles. The lowest BCUT2D eigenvalue weighted by molar-refractivity contribution is -0.138. The number of carboxylic acid groups (broad SMARTS) is 1. The van der Waals surface area contributed by atoms with Crippen LogP contribution in [0.4, 0.5) is 0 Å². The zero-order valence-electron chi connectivity index (χ0n) is 11.5. The van der Waals surface area contributed by atoms with Crippen molar-refractivity contribution in [1.82, 2.24) is 5.32 Å². The van der Waals surface area contributed by atoms with E-state index in [0.29, 0.717) is 5.09 Å². The van der Waals surface area contributed by atoms with Crippen LogP contribution in [0.3, 0.4) is 0 Å². The van der Waals surface area contributed by atoms with Crippen LogP contribution >= 0.6 is 11.8 Å². The summed E-state index contributed by atoms with van der Waals surface area (Å²) >= 11 is 1.40. The Hall–Kier alpha value is -1.43. The zero-order chi connectivity index (χ0) is 14.6. The fraction of sp³-hybridized carbons (Fsp3) is 0.538. The van der Waals surface area contributed by atoms with Crippen molar-refractivity contribution in [3.05, 3.63) is 17.9 Å². The van der Waals surface area contributed by atoms with E-state index in [2.05, 4.69) is 5.32 Å². The second-order valence-electron chi connectivity index (χ2n) is 4.92. The molecular weight excluding hydrogens is 266 g/mol. The Labute approximate surface area is 116 Å². The number of amides is 1. The maximum absolute atomic E-state index is 12.1. The molecule has 0 aliphatic heterocycles. The Kier molecular flexibility index (Phi) is 5.05. The third kappa shape index (κ3) is 4.02. The van der Waals surface area contributed by atoms with Gasteiger partial charge in [0.2, 0.25) is 0 Å². The molecule has 1 rings (SSSR count). The molecule has 0 aromatic carbocycles. The van der Waals surface area contributed by atoms with Crippen molar-refractivity contribution < 1.29 is 19.1 Å². The van der Waals surface area contributed by atoms with Gasteiger partial charge in [0.25, 0.3) is 5.91 Å². The van der Waals surface area contributed by atoms with Crippen molar-refractivity contribution in [3.8, 4) is 0 Å². The summed E-state index contributed by atoms with van der Waals surface area (Å²) in [6.07, 6.45) is 1.72. The standard InChI is InChI=1S/C13H19NO4S/c1-8(2)13(3,7-10(15)16)14-12(17)9-5-6-11(18-9)19-4/h5-6,8H,7H2,1-4H3,(H,14,17)(H,15,16). The maximum Gasteiger partial charge on any atom is 0.305 e. The second kappa shape index (κ2) is 6.14. The third-order valence-corrected chi connectivity index (χ3v) is 3.82. The molecule has 0 aliphatic carbocycles. The third-order valence-electron chi connectivity index (χ3n) is 3.20. The highest BCUT2D eigenvalue weighted by molar-refractivity contribution is 7.98. The molecule has 0 bridgehead atoms. The van der Waals surface area contributed by atoms with Crippen molar-refractivity contribution in [2.45, 2.75) is 37.8 Å². The van der Waals surface area contributed by atoms with Crippen LogP contribution < -0.4 is 5.32 Å². The Morgan fingerprint density at radius 3 is 2.53 bits per heavy atom. The Balaban J connectivity index is 2.84.